The Morgan fingerprint density at radius 3 is 2.95 bits per heavy atom. The highest BCUT2D eigenvalue weighted by Crippen LogP contribution is 2.23. The molecule has 7 heteroatoms. The Morgan fingerprint density at radius 1 is 1.45 bits per heavy atom. The molecule has 2 atom stereocenters. The van der Waals surface area contributed by atoms with Crippen molar-refractivity contribution in [1.82, 2.24) is 14.9 Å². The number of nitrogens with two attached hydrogens (primary N) is 1. The molecule has 20 heavy (non-hydrogen) atoms. The lowest BCUT2D eigenvalue weighted by atomic mass is 10.1. The van der Waals surface area contributed by atoms with Crippen molar-refractivity contribution in [1.29, 1.82) is 0 Å². The highest BCUT2D eigenvalue weighted by atomic mass is 16.3. The maximum Gasteiger partial charge on any atom is 0.273 e. The van der Waals surface area contributed by atoms with E-state index in [-0.39, 0.29) is 18.1 Å². The zero-order chi connectivity index (χ0) is 14.3. The number of aromatic amines is 2. The van der Waals surface area contributed by atoms with Gasteiger partial charge in [0.15, 0.2) is 0 Å². The van der Waals surface area contributed by atoms with Gasteiger partial charge in [-0.3, -0.25) is 9.69 Å². The number of anilines is 1. The fraction of sp³-hybridized carbons (Fsp3) is 0.462. The number of aromatic nitrogens is 2. The monoisotopic (exact) mass is 278 g/mol. The first kappa shape index (κ1) is 13.2. The van der Waals surface area contributed by atoms with Gasteiger partial charge in [-0.25, -0.2) is 0 Å². The van der Waals surface area contributed by atoms with Crippen LogP contribution in [0.3, 0.4) is 0 Å². The van der Waals surface area contributed by atoms with E-state index in [0.29, 0.717) is 31.0 Å². The number of pyridine rings is 1. The molecule has 0 amide bonds. The van der Waals surface area contributed by atoms with Crippen LogP contribution < -0.4 is 11.3 Å². The van der Waals surface area contributed by atoms with Crippen molar-refractivity contribution in [2.24, 2.45) is 5.92 Å². The fourth-order valence-corrected chi connectivity index (χ4v) is 2.83. The van der Waals surface area contributed by atoms with Crippen molar-refractivity contribution in [2.75, 3.05) is 25.4 Å². The highest BCUT2D eigenvalue weighted by molar-refractivity contribution is 5.84. The van der Waals surface area contributed by atoms with Crippen molar-refractivity contribution in [2.45, 2.75) is 12.6 Å². The van der Waals surface area contributed by atoms with Crippen molar-refractivity contribution in [3.05, 3.63) is 28.2 Å². The van der Waals surface area contributed by atoms with E-state index in [4.69, 9.17) is 5.73 Å². The van der Waals surface area contributed by atoms with Crippen molar-refractivity contribution in [3.8, 4) is 0 Å². The van der Waals surface area contributed by atoms with Crippen LogP contribution in [0.15, 0.2) is 17.1 Å². The summed E-state index contributed by atoms with van der Waals surface area (Å²) < 4.78 is 0. The quantitative estimate of drug-likeness (QED) is 0.505. The number of H-pyrrole nitrogens is 2. The van der Waals surface area contributed by atoms with Crippen LogP contribution in [0.25, 0.3) is 10.9 Å². The van der Waals surface area contributed by atoms with E-state index in [2.05, 4.69) is 14.9 Å². The second kappa shape index (κ2) is 4.93. The Balaban J connectivity index is 1.87. The Morgan fingerprint density at radius 2 is 2.25 bits per heavy atom. The minimum atomic E-state index is -0.501. The SMILES string of the molecule is Nc1cc2c(CN3CC(O)C(CO)C3)c[nH]c2c(=O)[nH]1. The Labute approximate surface area is 115 Å². The van der Waals surface area contributed by atoms with Crippen LogP contribution in [0.5, 0.6) is 0 Å². The van der Waals surface area contributed by atoms with Crippen LogP contribution in [-0.4, -0.2) is 50.9 Å². The number of likely N-dealkylation sites (tertiary alicyclic amines) is 1. The van der Waals surface area contributed by atoms with Gasteiger partial charge in [0.2, 0.25) is 0 Å². The van der Waals surface area contributed by atoms with Gasteiger partial charge < -0.3 is 25.9 Å². The third kappa shape index (κ3) is 2.20. The predicted octanol–water partition coefficient (Wildman–Crippen LogP) is -0.777. The molecule has 0 radical (unpaired) electrons. The number of β-amino-alcohol motifs (C(OH)–C–C–N with tert-alkyl or cyclic N) is 1. The smallest absolute Gasteiger partial charge is 0.273 e. The number of aliphatic hydroxyl groups is 2. The van der Waals surface area contributed by atoms with Crippen LogP contribution in [-0.2, 0) is 6.54 Å². The number of nitrogens with one attached hydrogen (secondary N) is 2. The van der Waals surface area contributed by atoms with Gasteiger partial charge in [-0.05, 0) is 11.6 Å². The first-order chi connectivity index (χ1) is 9.58. The summed E-state index contributed by atoms with van der Waals surface area (Å²) in [6.07, 6.45) is 1.29. The summed E-state index contributed by atoms with van der Waals surface area (Å²) in [6, 6.07) is 1.73. The minimum absolute atomic E-state index is 0.0157. The minimum Gasteiger partial charge on any atom is -0.396 e. The molecule has 0 bridgehead atoms. The molecule has 1 saturated heterocycles. The molecule has 7 nitrogen and oxygen atoms in total. The first-order valence-corrected chi connectivity index (χ1v) is 6.58. The van der Waals surface area contributed by atoms with E-state index in [1.54, 1.807) is 12.3 Å². The lowest BCUT2D eigenvalue weighted by Crippen LogP contribution is -2.21. The van der Waals surface area contributed by atoms with Gasteiger partial charge in [-0.2, -0.15) is 0 Å². The maximum atomic E-state index is 11.7. The predicted molar refractivity (Wildman–Crippen MR) is 75.2 cm³/mol. The van der Waals surface area contributed by atoms with Gasteiger partial charge in [0.25, 0.3) is 5.56 Å². The van der Waals surface area contributed by atoms with Crippen LogP contribution in [0.4, 0.5) is 5.82 Å². The van der Waals surface area contributed by atoms with E-state index in [9.17, 15) is 15.0 Å². The third-order valence-electron chi connectivity index (χ3n) is 3.90. The van der Waals surface area contributed by atoms with E-state index >= 15 is 0 Å². The largest absolute Gasteiger partial charge is 0.396 e. The lowest BCUT2D eigenvalue weighted by Gasteiger charge is -2.14. The molecule has 1 aliphatic rings. The van der Waals surface area contributed by atoms with Crippen molar-refractivity contribution in [3.63, 3.8) is 0 Å². The normalized spacial score (nSPS) is 23.7. The zero-order valence-corrected chi connectivity index (χ0v) is 11.0. The molecule has 0 aliphatic carbocycles. The first-order valence-electron chi connectivity index (χ1n) is 6.58. The molecule has 0 saturated carbocycles. The van der Waals surface area contributed by atoms with Crippen molar-refractivity contribution < 1.29 is 10.2 Å². The third-order valence-corrected chi connectivity index (χ3v) is 3.90. The number of fused-ring (bicyclic) bond motifs is 1. The molecule has 1 aliphatic heterocycles. The Bertz CT molecular complexity index is 678. The van der Waals surface area contributed by atoms with Crippen molar-refractivity contribution >= 4 is 16.7 Å². The maximum absolute atomic E-state index is 11.7. The molecule has 1 fully saturated rings. The summed E-state index contributed by atoms with van der Waals surface area (Å²) in [6.45, 7) is 1.76. The molecular weight excluding hydrogens is 260 g/mol. The molecule has 0 aromatic carbocycles. The molecule has 2 aromatic rings. The molecule has 3 heterocycles. The van der Waals surface area contributed by atoms with E-state index < -0.39 is 6.10 Å². The molecule has 2 aromatic heterocycles. The summed E-state index contributed by atoms with van der Waals surface area (Å²) in [5.41, 5.74) is 6.90. The van der Waals surface area contributed by atoms with Crippen LogP contribution >= 0.6 is 0 Å². The number of nitrogen functional groups attached to an aromatic ring is 1. The van der Waals surface area contributed by atoms with E-state index in [0.717, 1.165) is 10.9 Å². The zero-order valence-electron chi connectivity index (χ0n) is 11.0. The molecule has 108 valence electrons. The average Bonchev–Trinajstić information content (AvgIpc) is 2.94. The second-order valence-electron chi connectivity index (χ2n) is 5.36. The summed E-state index contributed by atoms with van der Waals surface area (Å²) >= 11 is 0. The lowest BCUT2D eigenvalue weighted by molar-refractivity contribution is 0.103. The standard InChI is InChI=1S/C13H18N4O3/c14-11-1-9-7(2-15-12(9)13(20)16-11)3-17-4-8(6-18)10(19)5-17/h1-2,8,10,15,18-19H,3-6H2,(H3,14,16,20). The number of rotatable bonds is 3. The fourth-order valence-electron chi connectivity index (χ4n) is 2.83. The number of hydrogen-bond acceptors (Lipinski definition) is 5. The van der Waals surface area contributed by atoms with Gasteiger partial charge in [0, 0.05) is 43.7 Å². The van der Waals surface area contributed by atoms with Gasteiger partial charge in [0.1, 0.15) is 11.3 Å². The van der Waals surface area contributed by atoms with Crippen LogP contribution in [0, 0.1) is 5.92 Å². The summed E-state index contributed by atoms with van der Waals surface area (Å²) in [5.74, 6) is 0.228. The Hall–Kier alpha value is -1.83. The molecule has 3 rings (SSSR count). The number of hydrogen-bond donors (Lipinski definition) is 5. The van der Waals surface area contributed by atoms with Gasteiger partial charge >= 0.3 is 0 Å². The highest BCUT2D eigenvalue weighted by Gasteiger charge is 2.30. The topological polar surface area (TPSA) is 118 Å². The molecular formula is C13H18N4O3. The molecule has 2 unspecified atom stereocenters. The summed E-state index contributed by atoms with van der Waals surface area (Å²) in [5, 5.41) is 19.8. The van der Waals surface area contributed by atoms with Crippen LogP contribution in [0.1, 0.15) is 5.56 Å². The van der Waals surface area contributed by atoms with Gasteiger partial charge in [-0.1, -0.05) is 0 Å². The van der Waals surface area contributed by atoms with Crippen LogP contribution in [0.2, 0.25) is 0 Å². The average molecular weight is 278 g/mol. The number of aliphatic hydroxyl groups excluding tert-OH is 2. The second-order valence-corrected chi connectivity index (χ2v) is 5.36. The summed E-state index contributed by atoms with van der Waals surface area (Å²) in [4.78, 5) is 19.3. The number of nitrogens with zero attached hydrogens (tertiary/aromatic N) is 1. The van der Waals surface area contributed by atoms with E-state index in [1.807, 2.05) is 0 Å². The van der Waals surface area contributed by atoms with Gasteiger partial charge in [0.05, 0.1) is 6.10 Å². The van der Waals surface area contributed by atoms with E-state index in [1.165, 1.54) is 0 Å². The summed E-state index contributed by atoms with van der Waals surface area (Å²) in [7, 11) is 0. The van der Waals surface area contributed by atoms with Gasteiger partial charge in [-0.15, -0.1) is 0 Å². The molecule has 0 spiro atoms. The Kier molecular flexibility index (Phi) is 3.25. The molecule has 6 N–H and O–H groups in total.